The second-order valence-electron chi connectivity index (χ2n) is 6.45. The summed E-state index contributed by atoms with van der Waals surface area (Å²) >= 11 is 0. The normalized spacial score (nSPS) is 13.9. The van der Waals surface area contributed by atoms with Crippen molar-refractivity contribution in [2.75, 3.05) is 6.54 Å². The first-order valence-electron chi connectivity index (χ1n) is 9.61. The molecule has 0 fully saturated rings. The Morgan fingerprint density at radius 3 is 2.04 bits per heavy atom. The number of carboxylic acid groups (broad SMARTS) is 1. The van der Waals surface area contributed by atoms with E-state index in [9.17, 15) is 19.2 Å². The van der Waals surface area contributed by atoms with Crippen LogP contribution in [0.25, 0.3) is 0 Å². The van der Waals surface area contributed by atoms with Crippen molar-refractivity contribution in [3.8, 4) is 0 Å². The van der Waals surface area contributed by atoms with Crippen LogP contribution in [-0.4, -0.2) is 53.5 Å². The molecule has 0 aliphatic rings. The summed E-state index contributed by atoms with van der Waals surface area (Å²) in [5, 5.41) is 17.0. The van der Waals surface area contributed by atoms with E-state index in [0.717, 1.165) is 6.42 Å². The molecule has 3 unspecified atom stereocenters. The van der Waals surface area contributed by atoms with E-state index in [0.29, 0.717) is 38.6 Å². The molecule has 0 saturated carbocycles. The summed E-state index contributed by atoms with van der Waals surface area (Å²) in [5.74, 6) is -1.86. The van der Waals surface area contributed by atoms with Gasteiger partial charge < -0.3 is 26.8 Å². The minimum Gasteiger partial charge on any atom is -0.480 e. The highest BCUT2D eigenvalue weighted by molar-refractivity contribution is 5.89. The molecule has 9 heteroatoms. The number of aliphatic carboxylic acids is 1. The van der Waals surface area contributed by atoms with Gasteiger partial charge in [-0.05, 0) is 25.7 Å². The Hall–Kier alpha value is -2.16. The first-order chi connectivity index (χ1) is 12.8. The molecule has 0 aliphatic carbocycles. The van der Waals surface area contributed by atoms with Gasteiger partial charge in [0.15, 0.2) is 0 Å². The van der Waals surface area contributed by atoms with Crippen LogP contribution >= 0.6 is 0 Å². The number of carboxylic acids is 1. The van der Waals surface area contributed by atoms with Crippen LogP contribution in [-0.2, 0) is 19.2 Å². The predicted molar refractivity (Wildman–Crippen MR) is 102 cm³/mol. The van der Waals surface area contributed by atoms with Crippen molar-refractivity contribution >= 4 is 23.7 Å². The van der Waals surface area contributed by atoms with Crippen molar-refractivity contribution in [1.29, 1.82) is 0 Å². The van der Waals surface area contributed by atoms with E-state index in [1.807, 2.05) is 6.92 Å². The molecule has 0 rings (SSSR count). The van der Waals surface area contributed by atoms with Crippen molar-refractivity contribution in [2.24, 2.45) is 5.73 Å². The Morgan fingerprint density at radius 2 is 1.52 bits per heavy atom. The average Bonchev–Trinajstić information content (AvgIpc) is 2.64. The van der Waals surface area contributed by atoms with Crippen molar-refractivity contribution in [2.45, 2.75) is 83.8 Å². The van der Waals surface area contributed by atoms with Gasteiger partial charge >= 0.3 is 5.97 Å². The molecule has 27 heavy (non-hydrogen) atoms. The minimum atomic E-state index is -1.05. The van der Waals surface area contributed by atoms with Crippen molar-refractivity contribution < 1.29 is 24.3 Å². The van der Waals surface area contributed by atoms with Crippen molar-refractivity contribution in [3.05, 3.63) is 0 Å². The molecule has 0 aromatic rings. The molecule has 0 saturated heterocycles. The molecule has 0 aliphatic heterocycles. The molecule has 0 aromatic heterocycles. The SMILES string of the molecule is CCCC(NC(=O)CC)C(NC(=O)CC)C(=O)NCCCCC(N)C(=O)O. The molecule has 3 amide bonds. The van der Waals surface area contributed by atoms with Crippen LogP contribution in [0.4, 0.5) is 0 Å². The molecule has 9 nitrogen and oxygen atoms in total. The number of rotatable bonds is 14. The maximum Gasteiger partial charge on any atom is 0.320 e. The number of hydrogen-bond donors (Lipinski definition) is 5. The Bertz CT molecular complexity index is 498. The fourth-order valence-electron chi connectivity index (χ4n) is 2.50. The Labute approximate surface area is 160 Å². The quantitative estimate of drug-likeness (QED) is 0.270. The second-order valence-corrected chi connectivity index (χ2v) is 6.45. The van der Waals surface area contributed by atoms with Gasteiger partial charge in [0.2, 0.25) is 17.7 Å². The molecule has 0 spiro atoms. The zero-order valence-corrected chi connectivity index (χ0v) is 16.5. The molecule has 6 N–H and O–H groups in total. The predicted octanol–water partition coefficient (Wildman–Crippen LogP) is 0.275. The zero-order valence-electron chi connectivity index (χ0n) is 16.5. The summed E-state index contributed by atoms with van der Waals surface area (Å²) in [6, 6.07) is -2.25. The molecule has 0 aromatic carbocycles. The van der Waals surface area contributed by atoms with Crippen LogP contribution in [0.3, 0.4) is 0 Å². The van der Waals surface area contributed by atoms with Crippen LogP contribution in [0.15, 0.2) is 0 Å². The van der Waals surface area contributed by atoms with E-state index in [1.165, 1.54) is 0 Å². The third kappa shape index (κ3) is 10.5. The fourth-order valence-corrected chi connectivity index (χ4v) is 2.50. The smallest absolute Gasteiger partial charge is 0.320 e. The van der Waals surface area contributed by atoms with E-state index in [-0.39, 0.29) is 24.1 Å². The van der Waals surface area contributed by atoms with Crippen LogP contribution in [0.5, 0.6) is 0 Å². The lowest BCUT2D eigenvalue weighted by Crippen LogP contribution is -2.58. The number of unbranched alkanes of at least 4 members (excludes halogenated alkanes) is 1. The number of nitrogens with two attached hydrogens (primary N) is 1. The van der Waals surface area contributed by atoms with Gasteiger partial charge in [0.1, 0.15) is 12.1 Å². The van der Waals surface area contributed by atoms with E-state index < -0.39 is 24.1 Å². The lowest BCUT2D eigenvalue weighted by molar-refractivity contribution is -0.138. The van der Waals surface area contributed by atoms with Gasteiger partial charge in [-0.3, -0.25) is 19.2 Å². The van der Waals surface area contributed by atoms with E-state index >= 15 is 0 Å². The third-order valence-electron chi connectivity index (χ3n) is 4.15. The van der Waals surface area contributed by atoms with Gasteiger partial charge in [-0.25, -0.2) is 0 Å². The lowest BCUT2D eigenvalue weighted by atomic mass is 10.0. The van der Waals surface area contributed by atoms with Crippen LogP contribution in [0.2, 0.25) is 0 Å². The summed E-state index contributed by atoms with van der Waals surface area (Å²) in [6.45, 7) is 5.69. The highest BCUT2D eigenvalue weighted by Gasteiger charge is 2.29. The maximum absolute atomic E-state index is 12.6. The number of carbonyl (C=O) groups excluding carboxylic acids is 3. The summed E-state index contributed by atoms with van der Waals surface area (Å²) in [5.41, 5.74) is 5.43. The van der Waals surface area contributed by atoms with Crippen LogP contribution < -0.4 is 21.7 Å². The van der Waals surface area contributed by atoms with Gasteiger partial charge in [0.05, 0.1) is 6.04 Å². The number of hydrogen-bond acceptors (Lipinski definition) is 5. The minimum absolute atomic E-state index is 0.181. The average molecular weight is 386 g/mol. The first kappa shape index (κ1) is 24.8. The number of nitrogens with one attached hydrogen (secondary N) is 3. The van der Waals surface area contributed by atoms with Gasteiger partial charge in [0, 0.05) is 19.4 Å². The molecule has 0 heterocycles. The first-order valence-corrected chi connectivity index (χ1v) is 9.61. The largest absolute Gasteiger partial charge is 0.480 e. The van der Waals surface area contributed by atoms with E-state index in [4.69, 9.17) is 10.8 Å². The highest BCUT2D eigenvalue weighted by Crippen LogP contribution is 2.06. The Balaban J connectivity index is 4.78. The van der Waals surface area contributed by atoms with Crippen LogP contribution in [0, 0.1) is 0 Å². The zero-order chi connectivity index (χ0) is 20.8. The van der Waals surface area contributed by atoms with E-state index in [2.05, 4.69) is 16.0 Å². The molecular formula is C18H34N4O5. The topological polar surface area (TPSA) is 151 Å². The highest BCUT2D eigenvalue weighted by atomic mass is 16.4. The maximum atomic E-state index is 12.6. The lowest BCUT2D eigenvalue weighted by Gasteiger charge is -2.28. The summed E-state index contributed by atoms with van der Waals surface area (Å²) in [4.78, 5) is 46.9. The molecule has 3 atom stereocenters. The molecule has 0 radical (unpaired) electrons. The molecule has 0 bridgehead atoms. The Morgan fingerprint density at radius 1 is 0.926 bits per heavy atom. The summed E-state index contributed by atoms with van der Waals surface area (Å²) in [6.07, 6.45) is 3.28. The van der Waals surface area contributed by atoms with Gasteiger partial charge in [-0.1, -0.05) is 27.2 Å². The molecule has 156 valence electrons. The van der Waals surface area contributed by atoms with Gasteiger partial charge in [-0.15, -0.1) is 0 Å². The summed E-state index contributed by atoms with van der Waals surface area (Å²) < 4.78 is 0. The van der Waals surface area contributed by atoms with Gasteiger partial charge in [-0.2, -0.15) is 0 Å². The van der Waals surface area contributed by atoms with E-state index in [1.54, 1.807) is 13.8 Å². The Kier molecular flexibility index (Phi) is 12.8. The fraction of sp³-hybridized carbons (Fsp3) is 0.778. The molecular weight excluding hydrogens is 352 g/mol. The van der Waals surface area contributed by atoms with Crippen molar-refractivity contribution in [1.82, 2.24) is 16.0 Å². The second kappa shape index (κ2) is 14.0. The van der Waals surface area contributed by atoms with Crippen molar-refractivity contribution in [3.63, 3.8) is 0 Å². The summed E-state index contributed by atoms with van der Waals surface area (Å²) in [7, 11) is 0. The third-order valence-corrected chi connectivity index (χ3v) is 4.15. The standard InChI is InChI=1S/C18H34N4O5/c1-4-9-13(21-14(23)5-2)16(22-15(24)6-3)17(25)20-11-8-7-10-12(19)18(26)27/h12-13,16H,4-11,19H2,1-3H3,(H,20,25)(H,21,23)(H,22,24)(H,26,27). The van der Waals surface area contributed by atoms with Gasteiger partial charge in [0.25, 0.3) is 0 Å². The number of carbonyl (C=O) groups is 4. The van der Waals surface area contributed by atoms with Crippen LogP contribution in [0.1, 0.15) is 65.7 Å². The monoisotopic (exact) mass is 386 g/mol. The number of amides is 3.